The largest absolute Gasteiger partial charge is 0.481 e. The van der Waals surface area contributed by atoms with Crippen LogP contribution in [0.2, 0.25) is 0 Å². The van der Waals surface area contributed by atoms with Crippen LogP contribution in [-0.4, -0.2) is 39.3 Å². The van der Waals surface area contributed by atoms with Gasteiger partial charge in [0, 0.05) is 23.7 Å². The first-order valence-corrected chi connectivity index (χ1v) is 18.7. The highest BCUT2D eigenvalue weighted by Gasteiger charge is 2.80. The number of unbranched alkanes of at least 4 members (excludes halogenated alkanes) is 3. The summed E-state index contributed by atoms with van der Waals surface area (Å²) < 4.78 is 6.40. The van der Waals surface area contributed by atoms with Crippen LogP contribution in [-0.2, 0) is 9.53 Å². The molecule has 7 rings (SSSR count). The van der Waals surface area contributed by atoms with Gasteiger partial charge < -0.3 is 20.1 Å². The molecule has 3 N–H and O–H groups in total. The number of carboxylic acid groups (broad SMARTS) is 1. The van der Waals surface area contributed by atoms with Gasteiger partial charge in [0.25, 0.3) is 0 Å². The van der Waals surface area contributed by atoms with Crippen molar-refractivity contribution in [3.8, 4) is 0 Å². The Morgan fingerprint density at radius 1 is 0.886 bits per heavy atom. The van der Waals surface area contributed by atoms with E-state index < -0.39 is 22.8 Å². The minimum absolute atomic E-state index is 0.00293. The summed E-state index contributed by atoms with van der Waals surface area (Å²) in [7, 11) is 0. The lowest BCUT2D eigenvalue weighted by Gasteiger charge is -2.77. The van der Waals surface area contributed by atoms with Crippen LogP contribution in [0.3, 0.4) is 0 Å². The van der Waals surface area contributed by atoms with E-state index in [1.165, 1.54) is 44.9 Å². The zero-order valence-corrected chi connectivity index (χ0v) is 28.6. The Balaban J connectivity index is 1.35. The molecule has 0 aromatic heterocycles. The molecule has 44 heavy (non-hydrogen) atoms. The van der Waals surface area contributed by atoms with E-state index in [0.29, 0.717) is 24.9 Å². The second-order valence-corrected chi connectivity index (χ2v) is 18.4. The predicted molar refractivity (Wildman–Crippen MR) is 173 cm³/mol. The number of rotatable bonds is 8. The summed E-state index contributed by atoms with van der Waals surface area (Å²) in [6.45, 7) is 12.3. The molecule has 1 saturated heterocycles. The van der Waals surface area contributed by atoms with Crippen molar-refractivity contribution in [2.24, 2.45) is 56.2 Å². The molecular weight excluding hydrogens is 548 g/mol. The summed E-state index contributed by atoms with van der Waals surface area (Å²) in [4.78, 5) is 12.8. The first-order chi connectivity index (χ1) is 20.7. The average molecular weight is 611 g/mol. The summed E-state index contributed by atoms with van der Waals surface area (Å²) in [6, 6.07) is 0. The van der Waals surface area contributed by atoms with Gasteiger partial charge in [0.05, 0.1) is 17.6 Å². The maximum Gasteiger partial charge on any atom is 0.309 e. The quantitative estimate of drug-likeness (QED) is 0.189. The van der Waals surface area contributed by atoms with Gasteiger partial charge in [0.15, 0.2) is 5.79 Å². The van der Waals surface area contributed by atoms with Gasteiger partial charge in [0.1, 0.15) is 0 Å². The van der Waals surface area contributed by atoms with Crippen LogP contribution < -0.4 is 0 Å². The molecule has 6 fully saturated rings. The van der Waals surface area contributed by atoms with E-state index in [0.717, 1.165) is 64.2 Å². The molecule has 248 valence electrons. The standard InChI is InChI=1S/C39H62O5/c1-6-8-9-10-15-37-23-22-35-14-11-16-38(42)25-39(43)28(12-7-2)36(26-44-39,30(35)38)17-13-27(35)34(37,5)21-20-32(3)18-19-33(4,31(40)41)24-29(32)37/h11,16,27-30,42-43H,6-10,12-15,17-26H2,1-5H3,(H,40,41). The van der Waals surface area contributed by atoms with Gasteiger partial charge in [-0.1, -0.05) is 72.0 Å². The smallest absolute Gasteiger partial charge is 0.309 e. The lowest BCUT2D eigenvalue weighted by atomic mass is 9.27. The fourth-order valence-corrected chi connectivity index (χ4v) is 14.8. The highest BCUT2D eigenvalue weighted by molar-refractivity contribution is 5.74. The van der Waals surface area contributed by atoms with Gasteiger partial charge in [-0.15, -0.1) is 0 Å². The van der Waals surface area contributed by atoms with E-state index in [2.05, 4.69) is 39.8 Å². The molecule has 0 amide bonds. The van der Waals surface area contributed by atoms with Gasteiger partial charge in [-0.2, -0.15) is 0 Å². The Morgan fingerprint density at radius 3 is 2.39 bits per heavy atom. The Labute approximate surface area is 267 Å². The van der Waals surface area contributed by atoms with Crippen LogP contribution >= 0.6 is 0 Å². The maximum absolute atomic E-state index is 12.8. The van der Waals surface area contributed by atoms with Crippen molar-refractivity contribution in [3.05, 3.63) is 12.2 Å². The number of ether oxygens (including phenoxy) is 1. The fraction of sp³-hybridized carbons (Fsp3) is 0.923. The highest BCUT2D eigenvalue weighted by atomic mass is 16.6. The second kappa shape index (κ2) is 10.0. The van der Waals surface area contributed by atoms with Crippen molar-refractivity contribution in [1.82, 2.24) is 0 Å². The topological polar surface area (TPSA) is 87.0 Å². The minimum Gasteiger partial charge on any atom is -0.481 e. The average Bonchev–Trinajstić information content (AvgIpc) is 3.16. The number of allylic oxidation sites excluding steroid dienone is 1. The molecule has 6 aliphatic carbocycles. The van der Waals surface area contributed by atoms with Crippen molar-refractivity contribution < 1.29 is 24.9 Å². The number of carbonyl (C=O) groups is 1. The van der Waals surface area contributed by atoms with E-state index >= 15 is 0 Å². The monoisotopic (exact) mass is 610 g/mol. The van der Waals surface area contributed by atoms with Gasteiger partial charge in [-0.3, -0.25) is 4.79 Å². The molecule has 5 saturated carbocycles. The molecule has 2 bridgehead atoms. The van der Waals surface area contributed by atoms with Crippen LogP contribution in [0, 0.1) is 56.2 Å². The molecule has 5 nitrogen and oxygen atoms in total. The fourth-order valence-electron chi connectivity index (χ4n) is 14.8. The summed E-state index contributed by atoms with van der Waals surface area (Å²) in [6.07, 6.45) is 23.5. The number of hydrogen-bond acceptors (Lipinski definition) is 4. The molecular formula is C39H62O5. The molecule has 2 spiro atoms. The van der Waals surface area contributed by atoms with E-state index in [9.17, 15) is 20.1 Å². The number of fused-ring (bicyclic) bond motifs is 5. The summed E-state index contributed by atoms with van der Waals surface area (Å²) in [5, 5.41) is 35.1. The zero-order chi connectivity index (χ0) is 31.4. The molecule has 7 aliphatic rings. The van der Waals surface area contributed by atoms with Crippen LogP contribution in [0.25, 0.3) is 0 Å². The van der Waals surface area contributed by atoms with Crippen molar-refractivity contribution >= 4 is 5.97 Å². The van der Waals surface area contributed by atoms with Crippen LogP contribution in [0.1, 0.15) is 150 Å². The Morgan fingerprint density at radius 2 is 1.66 bits per heavy atom. The molecule has 0 aromatic rings. The number of aliphatic carboxylic acids is 1. The van der Waals surface area contributed by atoms with Crippen molar-refractivity contribution in [3.63, 3.8) is 0 Å². The molecule has 1 heterocycles. The molecule has 12 atom stereocenters. The minimum atomic E-state index is -1.23. The molecule has 1 aliphatic heterocycles. The first kappa shape index (κ1) is 31.7. The lowest BCUT2D eigenvalue weighted by Crippen LogP contribution is -2.74. The van der Waals surface area contributed by atoms with Gasteiger partial charge in [-0.25, -0.2) is 0 Å². The highest BCUT2D eigenvalue weighted by Crippen LogP contribution is 2.82. The lowest BCUT2D eigenvalue weighted by molar-refractivity contribution is -0.313. The summed E-state index contributed by atoms with van der Waals surface area (Å²) >= 11 is 0. The van der Waals surface area contributed by atoms with Crippen molar-refractivity contribution in [2.45, 2.75) is 162 Å². The van der Waals surface area contributed by atoms with Gasteiger partial charge >= 0.3 is 5.97 Å². The van der Waals surface area contributed by atoms with E-state index in [4.69, 9.17) is 4.74 Å². The number of hydrogen-bond donors (Lipinski definition) is 3. The van der Waals surface area contributed by atoms with Crippen LogP contribution in [0.4, 0.5) is 0 Å². The Hall–Kier alpha value is -0.910. The SMILES string of the molecule is CCCCCCC12CCC34CC=CC5(O)CC6(O)OCC(CCC3C1(C)CCC1(C)CCC(C)(C(=O)O)CC12)(C6CCC)C54. The zero-order valence-electron chi connectivity index (χ0n) is 28.6. The van der Waals surface area contributed by atoms with E-state index in [1.54, 1.807) is 0 Å². The van der Waals surface area contributed by atoms with Gasteiger partial charge in [0.2, 0.25) is 0 Å². The third kappa shape index (κ3) is 3.84. The molecule has 0 radical (unpaired) electrons. The molecule has 12 unspecified atom stereocenters. The second-order valence-electron chi connectivity index (χ2n) is 18.4. The van der Waals surface area contributed by atoms with Crippen LogP contribution in [0.5, 0.6) is 0 Å². The number of carboxylic acids is 1. The third-order valence-electron chi connectivity index (χ3n) is 16.7. The van der Waals surface area contributed by atoms with Crippen molar-refractivity contribution in [1.29, 1.82) is 0 Å². The third-order valence-corrected chi connectivity index (χ3v) is 16.7. The Bertz CT molecular complexity index is 1200. The van der Waals surface area contributed by atoms with E-state index in [-0.39, 0.29) is 38.9 Å². The summed E-state index contributed by atoms with van der Waals surface area (Å²) in [5.41, 5.74) is -1.38. The van der Waals surface area contributed by atoms with Crippen molar-refractivity contribution in [2.75, 3.05) is 6.61 Å². The normalized spacial score (nSPS) is 55.4. The summed E-state index contributed by atoms with van der Waals surface area (Å²) in [5.74, 6) is -0.694. The van der Waals surface area contributed by atoms with E-state index in [1.807, 2.05) is 6.92 Å². The molecule has 0 aromatic carbocycles. The van der Waals surface area contributed by atoms with Gasteiger partial charge in [-0.05, 0) is 117 Å². The Kier molecular flexibility index (Phi) is 7.24. The first-order valence-electron chi connectivity index (χ1n) is 18.7. The predicted octanol–water partition coefficient (Wildman–Crippen LogP) is 8.66. The molecule has 5 heteroatoms. The maximum atomic E-state index is 12.8. The van der Waals surface area contributed by atoms with Crippen LogP contribution in [0.15, 0.2) is 12.2 Å². The number of aliphatic hydroxyl groups is 2.